The van der Waals surface area contributed by atoms with Crippen LogP contribution in [-0.2, 0) is 4.79 Å². The largest absolute Gasteiger partial charge is 0.511 e. The average molecular weight is 367 g/mol. The van der Waals surface area contributed by atoms with E-state index < -0.39 is 0 Å². The van der Waals surface area contributed by atoms with Gasteiger partial charge in [0.15, 0.2) is 0 Å². The van der Waals surface area contributed by atoms with Gasteiger partial charge in [0.1, 0.15) is 11.5 Å². The first-order valence-electron chi connectivity index (χ1n) is 8.96. The second-order valence-electron chi connectivity index (χ2n) is 8.81. The molecule has 0 aromatic heterocycles. The van der Waals surface area contributed by atoms with E-state index in [1.165, 1.54) is 19.3 Å². The molecule has 0 spiro atoms. The molecule has 4 aliphatic rings. The number of hydrogen-bond acceptors (Lipinski definition) is 2. The molecule has 122 valence electrons. The van der Waals surface area contributed by atoms with Gasteiger partial charge >= 0.3 is 0 Å². The minimum Gasteiger partial charge on any atom is -0.511 e. The molecular formula is C19H27BrO2. The first kappa shape index (κ1) is 15.2. The Kier molecular flexibility index (Phi) is 3.35. The highest BCUT2D eigenvalue weighted by atomic mass is 79.9. The van der Waals surface area contributed by atoms with Crippen LogP contribution in [0.4, 0.5) is 0 Å². The van der Waals surface area contributed by atoms with Crippen LogP contribution in [0.25, 0.3) is 0 Å². The molecule has 0 bridgehead atoms. The van der Waals surface area contributed by atoms with Crippen LogP contribution in [0.2, 0.25) is 0 Å². The maximum atomic E-state index is 12.4. The van der Waals surface area contributed by atoms with Crippen molar-refractivity contribution in [2.24, 2.45) is 34.5 Å². The molecular weight excluding hydrogens is 340 g/mol. The molecule has 2 nitrogen and oxygen atoms in total. The Morgan fingerprint density at radius 2 is 1.91 bits per heavy atom. The standard InChI is InChI=1S/C19H27BrO2/c1-18-8-7-14-12(13(18)5-6-17(18)22)4-3-11-9-16(21)15(20)10-19(11,14)2/h11-14,21H,3-10H2,1-2H3/t11-,12-,13-,14-,18-,19-/m0/s1. The van der Waals surface area contributed by atoms with Gasteiger partial charge < -0.3 is 5.11 Å². The highest BCUT2D eigenvalue weighted by molar-refractivity contribution is 9.11. The number of aliphatic hydroxyl groups is 1. The van der Waals surface area contributed by atoms with Crippen molar-refractivity contribution in [3.05, 3.63) is 10.2 Å². The summed E-state index contributed by atoms with van der Waals surface area (Å²) >= 11 is 3.62. The number of ketones is 1. The van der Waals surface area contributed by atoms with Crippen molar-refractivity contribution in [1.29, 1.82) is 0 Å². The zero-order valence-electron chi connectivity index (χ0n) is 13.7. The van der Waals surface area contributed by atoms with Crippen molar-refractivity contribution in [2.75, 3.05) is 0 Å². The Morgan fingerprint density at radius 3 is 2.68 bits per heavy atom. The Morgan fingerprint density at radius 1 is 1.14 bits per heavy atom. The number of aliphatic hydroxyl groups excluding tert-OH is 1. The van der Waals surface area contributed by atoms with E-state index in [-0.39, 0.29) is 5.41 Å². The zero-order valence-corrected chi connectivity index (χ0v) is 15.3. The third kappa shape index (κ3) is 1.87. The van der Waals surface area contributed by atoms with Crippen molar-refractivity contribution in [2.45, 2.75) is 65.2 Å². The minimum atomic E-state index is -0.0196. The Hall–Kier alpha value is -0.310. The molecule has 0 heterocycles. The fourth-order valence-electron chi connectivity index (χ4n) is 6.70. The molecule has 0 aromatic rings. The van der Waals surface area contributed by atoms with Crippen LogP contribution in [0, 0.1) is 34.5 Å². The van der Waals surface area contributed by atoms with E-state index in [0.29, 0.717) is 28.8 Å². The summed E-state index contributed by atoms with van der Waals surface area (Å²) in [6, 6.07) is 0. The molecule has 4 rings (SSSR count). The van der Waals surface area contributed by atoms with E-state index in [0.717, 1.165) is 48.4 Å². The summed E-state index contributed by atoms with van der Waals surface area (Å²) in [4.78, 5) is 12.4. The molecule has 0 unspecified atom stereocenters. The molecule has 3 heteroatoms. The summed E-state index contributed by atoms with van der Waals surface area (Å²) in [6.45, 7) is 4.71. The predicted molar refractivity (Wildman–Crippen MR) is 90.7 cm³/mol. The first-order valence-corrected chi connectivity index (χ1v) is 9.75. The number of carbonyl (C=O) groups excluding carboxylic acids is 1. The summed E-state index contributed by atoms with van der Waals surface area (Å²) in [5.74, 6) is 3.82. The Labute approximate surface area is 141 Å². The van der Waals surface area contributed by atoms with Gasteiger partial charge in [0, 0.05) is 22.7 Å². The molecule has 3 saturated carbocycles. The van der Waals surface area contributed by atoms with Crippen molar-refractivity contribution in [1.82, 2.24) is 0 Å². The lowest BCUT2D eigenvalue weighted by Gasteiger charge is -2.59. The fourth-order valence-corrected chi connectivity index (χ4v) is 7.46. The Bertz CT molecular complexity index is 554. The fraction of sp³-hybridized carbons (Fsp3) is 0.842. The van der Waals surface area contributed by atoms with Gasteiger partial charge in [-0.2, -0.15) is 0 Å². The topological polar surface area (TPSA) is 37.3 Å². The maximum Gasteiger partial charge on any atom is 0.139 e. The van der Waals surface area contributed by atoms with Crippen LogP contribution in [0.15, 0.2) is 10.2 Å². The van der Waals surface area contributed by atoms with Crippen molar-refractivity contribution in [3.63, 3.8) is 0 Å². The van der Waals surface area contributed by atoms with E-state index in [1.54, 1.807) is 0 Å². The second-order valence-corrected chi connectivity index (χ2v) is 9.76. The van der Waals surface area contributed by atoms with Gasteiger partial charge in [0.2, 0.25) is 0 Å². The number of fused-ring (bicyclic) bond motifs is 5. The molecule has 0 aliphatic heterocycles. The third-order valence-electron chi connectivity index (χ3n) is 8.06. The highest BCUT2D eigenvalue weighted by Crippen LogP contribution is 2.66. The van der Waals surface area contributed by atoms with Gasteiger partial charge in [-0.15, -0.1) is 0 Å². The van der Waals surface area contributed by atoms with Crippen LogP contribution >= 0.6 is 15.9 Å². The normalized spacial score (nSPS) is 51.3. The summed E-state index contributed by atoms with van der Waals surface area (Å²) in [5.41, 5.74) is 0.287. The number of allylic oxidation sites excluding steroid dienone is 2. The van der Waals surface area contributed by atoms with Gasteiger partial charge in [0.05, 0.1) is 0 Å². The number of hydrogen-bond donors (Lipinski definition) is 1. The quantitative estimate of drug-likeness (QED) is 0.625. The van der Waals surface area contributed by atoms with Gasteiger partial charge in [0.25, 0.3) is 0 Å². The van der Waals surface area contributed by atoms with E-state index in [4.69, 9.17) is 0 Å². The van der Waals surface area contributed by atoms with E-state index in [9.17, 15) is 9.90 Å². The molecule has 0 radical (unpaired) electrons. The summed E-state index contributed by atoms with van der Waals surface area (Å²) in [6.07, 6.45) is 8.56. The SMILES string of the molecule is C[C@]12CC(Br)=C(O)C[C@@H]1CC[C@@H]1[C@@H]2CC[C@]2(C)C(=O)CC[C@@H]12. The summed E-state index contributed by atoms with van der Waals surface area (Å²) < 4.78 is 1.03. The van der Waals surface area contributed by atoms with Crippen molar-refractivity contribution >= 4 is 21.7 Å². The summed E-state index contributed by atoms with van der Waals surface area (Å²) in [7, 11) is 0. The smallest absolute Gasteiger partial charge is 0.139 e. The molecule has 22 heavy (non-hydrogen) atoms. The summed E-state index contributed by atoms with van der Waals surface area (Å²) in [5, 5.41) is 10.1. The number of halogens is 1. The van der Waals surface area contributed by atoms with Gasteiger partial charge in [-0.3, -0.25) is 4.79 Å². The Balaban J connectivity index is 1.68. The van der Waals surface area contributed by atoms with E-state index in [2.05, 4.69) is 29.8 Å². The van der Waals surface area contributed by atoms with E-state index in [1.807, 2.05) is 0 Å². The van der Waals surface area contributed by atoms with Crippen LogP contribution in [0.3, 0.4) is 0 Å². The molecule has 0 aromatic carbocycles. The minimum absolute atomic E-state index is 0.0196. The van der Waals surface area contributed by atoms with Gasteiger partial charge in [-0.05, 0) is 67.6 Å². The van der Waals surface area contributed by atoms with Crippen LogP contribution in [-0.4, -0.2) is 10.9 Å². The van der Waals surface area contributed by atoms with Crippen LogP contribution < -0.4 is 0 Å². The zero-order chi connectivity index (χ0) is 15.7. The number of rotatable bonds is 0. The lowest BCUT2D eigenvalue weighted by Crippen LogP contribution is -2.52. The lowest BCUT2D eigenvalue weighted by molar-refractivity contribution is -0.136. The average Bonchev–Trinajstić information content (AvgIpc) is 2.77. The highest BCUT2D eigenvalue weighted by Gasteiger charge is 2.60. The van der Waals surface area contributed by atoms with Crippen LogP contribution in [0.1, 0.15) is 65.2 Å². The van der Waals surface area contributed by atoms with Crippen molar-refractivity contribution in [3.8, 4) is 0 Å². The van der Waals surface area contributed by atoms with E-state index >= 15 is 0 Å². The monoisotopic (exact) mass is 366 g/mol. The predicted octanol–water partition coefficient (Wildman–Crippen LogP) is 5.37. The van der Waals surface area contributed by atoms with Crippen molar-refractivity contribution < 1.29 is 9.90 Å². The maximum absolute atomic E-state index is 12.4. The number of carbonyl (C=O) groups is 1. The molecule has 4 aliphatic carbocycles. The second kappa shape index (κ2) is 4.84. The number of Topliss-reactive ketones (excluding diaryl/α,β-unsaturated/α-hetero) is 1. The molecule has 0 amide bonds. The molecule has 3 fully saturated rings. The van der Waals surface area contributed by atoms with Crippen LogP contribution in [0.5, 0.6) is 0 Å². The molecule has 6 atom stereocenters. The van der Waals surface area contributed by atoms with Gasteiger partial charge in [-0.1, -0.05) is 29.8 Å². The molecule has 0 saturated heterocycles. The molecule has 1 N–H and O–H groups in total. The third-order valence-corrected chi connectivity index (χ3v) is 8.80. The van der Waals surface area contributed by atoms with Gasteiger partial charge in [-0.25, -0.2) is 0 Å². The first-order chi connectivity index (χ1) is 10.4. The lowest BCUT2D eigenvalue weighted by atomic mass is 9.46.